The van der Waals surface area contributed by atoms with Gasteiger partial charge in [0.15, 0.2) is 5.13 Å². The summed E-state index contributed by atoms with van der Waals surface area (Å²) in [5.74, 6) is 0. The zero-order valence-corrected chi connectivity index (χ0v) is 8.90. The molecule has 1 aliphatic rings. The Labute approximate surface area is 82.8 Å². The highest BCUT2D eigenvalue weighted by molar-refractivity contribution is 7.13. The summed E-state index contributed by atoms with van der Waals surface area (Å²) >= 11 is 1.75. The molecule has 1 aromatic heterocycles. The van der Waals surface area contributed by atoms with E-state index >= 15 is 0 Å². The van der Waals surface area contributed by atoms with Gasteiger partial charge in [0.1, 0.15) is 0 Å². The van der Waals surface area contributed by atoms with E-state index in [9.17, 15) is 0 Å². The molecule has 72 valence electrons. The van der Waals surface area contributed by atoms with Crippen molar-refractivity contribution in [1.82, 2.24) is 10.3 Å². The summed E-state index contributed by atoms with van der Waals surface area (Å²) in [5.41, 5.74) is 1.13. The first kappa shape index (κ1) is 8.97. The normalized spacial score (nSPS) is 22.6. The van der Waals surface area contributed by atoms with Crippen molar-refractivity contribution in [1.29, 1.82) is 0 Å². The molecule has 0 radical (unpaired) electrons. The molecule has 1 atom stereocenters. The van der Waals surface area contributed by atoms with Crippen LogP contribution in [0.15, 0.2) is 5.38 Å². The molecule has 0 aliphatic carbocycles. The maximum Gasteiger partial charge on any atom is 0.185 e. The second kappa shape index (κ2) is 3.64. The van der Waals surface area contributed by atoms with E-state index in [1.165, 1.54) is 11.6 Å². The number of hydrogen-bond donors (Lipinski definition) is 1. The largest absolute Gasteiger partial charge is 0.346 e. The number of anilines is 1. The molecule has 0 spiro atoms. The summed E-state index contributed by atoms with van der Waals surface area (Å²) in [7, 11) is 2.03. The van der Waals surface area contributed by atoms with Crippen molar-refractivity contribution in [3.63, 3.8) is 0 Å². The summed E-state index contributed by atoms with van der Waals surface area (Å²) in [6, 6.07) is 0.643. The van der Waals surface area contributed by atoms with Crippen molar-refractivity contribution in [2.75, 3.05) is 25.0 Å². The van der Waals surface area contributed by atoms with Crippen LogP contribution in [0, 0.1) is 6.92 Å². The van der Waals surface area contributed by atoms with E-state index in [1.54, 1.807) is 11.3 Å². The maximum atomic E-state index is 4.48. The Balaban J connectivity index is 2.03. The molecule has 1 aliphatic heterocycles. The minimum absolute atomic E-state index is 0.643. The zero-order valence-electron chi connectivity index (χ0n) is 8.08. The summed E-state index contributed by atoms with van der Waals surface area (Å²) in [6.45, 7) is 4.29. The number of nitrogens with zero attached hydrogens (tertiary/aromatic N) is 2. The highest BCUT2D eigenvalue weighted by Gasteiger charge is 2.22. The second-order valence-corrected chi connectivity index (χ2v) is 4.33. The Bertz CT molecular complexity index is 284. The van der Waals surface area contributed by atoms with Crippen molar-refractivity contribution < 1.29 is 0 Å². The van der Waals surface area contributed by atoms with Crippen LogP contribution in [-0.4, -0.2) is 31.2 Å². The summed E-state index contributed by atoms with van der Waals surface area (Å²) < 4.78 is 0. The molecule has 1 N–H and O–H groups in total. The van der Waals surface area contributed by atoms with Gasteiger partial charge in [-0.15, -0.1) is 11.3 Å². The average Bonchev–Trinajstić information content (AvgIpc) is 2.71. The fourth-order valence-corrected chi connectivity index (χ4v) is 2.50. The molecule has 0 bridgehead atoms. The van der Waals surface area contributed by atoms with Gasteiger partial charge in [0.2, 0.25) is 0 Å². The number of hydrogen-bond acceptors (Lipinski definition) is 4. The number of rotatable bonds is 2. The van der Waals surface area contributed by atoms with Gasteiger partial charge >= 0.3 is 0 Å². The minimum atomic E-state index is 0.643. The Morgan fingerprint density at radius 1 is 1.69 bits per heavy atom. The highest BCUT2D eigenvalue weighted by Crippen LogP contribution is 2.23. The van der Waals surface area contributed by atoms with Gasteiger partial charge in [-0.3, -0.25) is 0 Å². The van der Waals surface area contributed by atoms with Crippen LogP contribution in [0.4, 0.5) is 5.13 Å². The van der Waals surface area contributed by atoms with Gasteiger partial charge in [0.25, 0.3) is 0 Å². The standard InChI is InChI=1S/C9H15N3S/c1-7-6-13-9(11-7)12-4-3-8(5-12)10-2/h6,8,10H,3-5H2,1-2H3. The van der Waals surface area contributed by atoms with E-state index in [0.29, 0.717) is 6.04 Å². The lowest BCUT2D eigenvalue weighted by Crippen LogP contribution is -2.29. The van der Waals surface area contributed by atoms with E-state index < -0.39 is 0 Å². The van der Waals surface area contributed by atoms with Gasteiger partial charge in [-0.1, -0.05) is 0 Å². The third-order valence-electron chi connectivity index (χ3n) is 2.47. The van der Waals surface area contributed by atoms with E-state index in [2.05, 4.69) is 20.6 Å². The maximum absolute atomic E-state index is 4.48. The van der Waals surface area contributed by atoms with Gasteiger partial charge in [0, 0.05) is 24.5 Å². The van der Waals surface area contributed by atoms with Crippen molar-refractivity contribution in [3.8, 4) is 0 Å². The Morgan fingerprint density at radius 3 is 3.08 bits per heavy atom. The van der Waals surface area contributed by atoms with E-state index in [0.717, 1.165) is 18.8 Å². The van der Waals surface area contributed by atoms with Crippen LogP contribution in [0.3, 0.4) is 0 Å². The molecule has 4 heteroatoms. The van der Waals surface area contributed by atoms with Crippen molar-refractivity contribution >= 4 is 16.5 Å². The molecule has 2 heterocycles. The molecule has 2 rings (SSSR count). The lowest BCUT2D eigenvalue weighted by atomic mass is 10.3. The SMILES string of the molecule is CNC1CCN(c2nc(C)cs2)C1. The predicted molar refractivity (Wildman–Crippen MR) is 56.5 cm³/mol. The Kier molecular flexibility index (Phi) is 2.51. The van der Waals surface area contributed by atoms with Crippen LogP contribution in [0.2, 0.25) is 0 Å². The smallest absolute Gasteiger partial charge is 0.185 e. The van der Waals surface area contributed by atoms with Gasteiger partial charge in [0.05, 0.1) is 5.69 Å². The monoisotopic (exact) mass is 197 g/mol. The minimum Gasteiger partial charge on any atom is -0.346 e. The molecule has 1 saturated heterocycles. The first-order chi connectivity index (χ1) is 6.29. The van der Waals surface area contributed by atoms with Crippen molar-refractivity contribution in [2.45, 2.75) is 19.4 Å². The zero-order chi connectivity index (χ0) is 9.26. The number of aryl methyl sites for hydroxylation is 1. The quantitative estimate of drug-likeness (QED) is 0.773. The van der Waals surface area contributed by atoms with E-state index in [1.807, 2.05) is 14.0 Å². The van der Waals surface area contributed by atoms with E-state index in [-0.39, 0.29) is 0 Å². The van der Waals surface area contributed by atoms with Crippen LogP contribution in [0.5, 0.6) is 0 Å². The molecule has 1 aromatic rings. The molecule has 0 saturated carbocycles. The number of nitrogens with one attached hydrogen (secondary N) is 1. The van der Waals surface area contributed by atoms with Gasteiger partial charge in [-0.25, -0.2) is 4.98 Å². The van der Waals surface area contributed by atoms with Crippen LogP contribution < -0.4 is 10.2 Å². The van der Waals surface area contributed by atoms with Crippen LogP contribution in [0.25, 0.3) is 0 Å². The van der Waals surface area contributed by atoms with Gasteiger partial charge in [-0.05, 0) is 20.4 Å². The second-order valence-electron chi connectivity index (χ2n) is 3.49. The number of likely N-dealkylation sites (N-methyl/N-ethyl adjacent to an activating group) is 1. The first-order valence-electron chi connectivity index (χ1n) is 4.64. The molecule has 0 aromatic carbocycles. The first-order valence-corrected chi connectivity index (χ1v) is 5.52. The van der Waals surface area contributed by atoms with Crippen LogP contribution >= 0.6 is 11.3 Å². The van der Waals surface area contributed by atoms with Crippen molar-refractivity contribution in [2.24, 2.45) is 0 Å². The summed E-state index contributed by atoms with van der Waals surface area (Å²) in [5, 5.41) is 6.59. The fraction of sp³-hybridized carbons (Fsp3) is 0.667. The molecule has 13 heavy (non-hydrogen) atoms. The Hall–Kier alpha value is -0.610. The fourth-order valence-electron chi connectivity index (χ4n) is 1.66. The van der Waals surface area contributed by atoms with Crippen molar-refractivity contribution in [3.05, 3.63) is 11.1 Å². The third kappa shape index (κ3) is 1.84. The summed E-state index contributed by atoms with van der Waals surface area (Å²) in [4.78, 5) is 6.84. The summed E-state index contributed by atoms with van der Waals surface area (Å²) in [6.07, 6.45) is 1.23. The number of aromatic nitrogens is 1. The average molecular weight is 197 g/mol. The van der Waals surface area contributed by atoms with E-state index in [4.69, 9.17) is 0 Å². The highest BCUT2D eigenvalue weighted by atomic mass is 32.1. The predicted octanol–water partition coefficient (Wildman–Crippen LogP) is 1.25. The molecule has 3 nitrogen and oxygen atoms in total. The lowest BCUT2D eigenvalue weighted by Gasteiger charge is -2.14. The third-order valence-corrected chi connectivity index (χ3v) is 3.49. The lowest BCUT2D eigenvalue weighted by molar-refractivity contribution is 0.617. The molecule has 0 amide bonds. The van der Waals surface area contributed by atoms with Crippen LogP contribution in [0.1, 0.15) is 12.1 Å². The number of thiazole rings is 1. The van der Waals surface area contributed by atoms with Crippen LogP contribution in [-0.2, 0) is 0 Å². The molecule has 1 fully saturated rings. The molecular formula is C9H15N3S. The van der Waals surface area contributed by atoms with Gasteiger partial charge < -0.3 is 10.2 Å². The van der Waals surface area contributed by atoms with Gasteiger partial charge in [-0.2, -0.15) is 0 Å². The topological polar surface area (TPSA) is 28.2 Å². The molecule has 1 unspecified atom stereocenters. The molecular weight excluding hydrogens is 182 g/mol. The Morgan fingerprint density at radius 2 is 2.54 bits per heavy atom.